The number of nitrogens with zero attached hydrogens (tertiary/aromatic N) is 6. The van der Waals surface area contributed by atoms with E-state index in [2.05, 4.69) is 30.7 Å². The van der Waals surface area contributed by atoms with E-state index in [-0.39, 0.29) is 0 Å². The molecule has 0 saturated heterocycles. The summed E-state index contributed by atoms with van der Waals surface area (Å²) in [5.41, 5.74) is 5.37. The van der Waals surface area contributed by atoms with Crippen LogP contribution >= 0.6 is 11.8 Å². The van der Waals surface area contributed by atoms with Crippen LogP contribution in [0, 0.1) is 0 Å². The number of aryl methyl sites for hydroxylation is 1. The number of nitrogens with two attached hydrogens (primary N) is 1. The summed E-state index contributed by atoms with van der Waals surface area (Å²) in [6.45, 7) is 0. The lowest BCUT2D eigenvalue weighted by Crippen LogP contribution is -1.97. The van der Waals surface area contributed by atoms with Crippen LogP contribution in [0.2, 0.25) is 0 Å². The molecule has 14 heavy (non-hydrogen) atoms. The van der Waals surface area contributed by atoms with Gasteiger partial charge in [0.05, 0.1) is 5.75 Å². The van der Waals surface area contributed by atoms with Gasteiger partial charge in [0.1, 0.15) is 0 Å². The van der Waals surface area contributed by atoms with Gasteiger partial charge in [-0.05, 0) is 10.4 Å². The second-order valence-electron chi connectivity index (χ2n) is 2.51. The molecule has 2 rings (SSSR count). The van der Waals surface area contributed by atoms with Crippen molar-refractivity contribution in [1.82, 2.24) is 35.4 Å². The Labute approximate surface area is 83.3 Å². The topological polar surface area (TPSA) is 111 Å². The maximum Gasteiger partial charge on any atom is 0.216 e. The molecular weight excluding hydrogens is 204 g/mol. The lowest BCUT2D eigenvalue weighted by atomic mass is 10.7. The van der Waals surface area contributed by atoms with Crippen LogP contribution in [-0.2, 0) is 12.8 Å². The fourth-order valence-electron chi connectivity index (χ4n) is 0.822. The molecule has 2 heterocycles. The van der Waals surface area contributed by atoms with E-state index < -0.39 is 0 Å². The predicted octanol–water partition coefficient (Wildman–Crippen LogP) is -0.797. The smallest absolute Gasteiger partial charge is 0.216 e. The Hall–Kier alpha value is -1.64. The highest BCUT2D eigenvalue weighted by atomic mass is 32.2. The number of nitrogens with one attached hydrogen (secondary N) is 1. The summed E-state index contributed by atoms with van der Waals surface area (Å²) in [7, 11) is 1.78. The molecule has 0 saturated carbocycles. The average Bonchev–Trinajstić information content (AvgIpc) is 2.72. The number of aromatic nitrogens is 7. The van der Waals surface area contributed by atoms with Crippen molar-refractivity contribution in [3.63, 3.8) is 0 Å². The minimum atomic E-state index is 0.309. The number of rotatable bonds is 3. The third-order valence-electron chi connectivity index (χ3n) is 1.52. The quantitative estimate of drug-likeness (QED) is 0.641. The van der Waals surface area contributed by atoms with Crippen LogP contribution in [0.5, 0.6) is 0 Å². The zero-order valence-electron chi connectivity index (χ0n) is 7.38. The van der Waals surface area contributed by atoms with Crippen LogP contribution in [0.15, 0.2) is 5.16 Å². The number of hydrogen-bond donors (Lipinski definition) is 2. The Bertz CT molecular complexity index is 419. The molecule has 0 spiro atoms. The Balaban J connectivity index is 1.98. The lowest BCUT2D eigenvalue weighted by molar-refractivity contribution is 0.693. The first-order chi connectivity index (χ1) is 6.75. The van der Waals surface area contributed by atoms with Gasteiger partial charge < -0.3 is 5.73 Å². The predicted molar refractivity (Wildman–Crippen MR) is 49.2 cm³/mol. The normalized spacial score (nSPS) is 10.6. The lowest BCUT2D eigenvalue weighted by Gasteiger charge is -1.94. The second-order valence-corrected chi connectivity index (χ2v) is 3.45. The number of anilines is 1. The molecule has 0 atom stereocenters. The molecule has 0 aliphatic carbocycles. The fourth-order valence-corrected chi connectivity index (χ4v) is 1.60. The molecule has 0 amide bonds. The van der Waals surface area contributed by atoms with Gasteiger partial charge in [0.2, 0.25) is 11.1 Å². The standard InChI is InChI=1S/C5H8N8S/c1-13-3(8-11-12-13)2-14-5-7-4(6)9-10-5/h2H2,1H3,(H3,6,7,9,10). The zero-order chi connectivity index (χ0) is 9.97. The number of nitrogen functional groups attached to an aromatic ring is 1. The number of thioether (sulfide) groups is 1. The van der Waals surface area contributed by atoms with Crippen molar-refractivity contribution in [2.45, 2.75) is 10.9 Å². The summed E-state index contributed by atoms with van der Waals surface area (Å²) in [6.07, 6.45) is 0. The number of aromatic amines is 1. The second kappa shape index (κ2) is 3.62. The van der Waals surface area contributed by atoms with Gasteiger partial charge in [-0.1, -0.05) is 11.8 Å². The minimum absolute atomic E-state index is 0.309. The molecule has 0 radical (unpaired) electrons. The van der Waals surface area contributed by atoms with Crippen LogP contribution in [-0.4, -0.2) is 35.4 Å². The summed E-state index contributed by atoms with van der Waals surface area (Å²) >= 11 is 1.42. The molecule has 3 N–H and O–H groups in total. The number of hydrogen-bond acceptors (Lipinski definition) is 7. The monoisotopic (exact) mass is 212 g/mol. The van der Waals surface area contributed by atoms with Gasteiger partial charge in [0.15, 0.2) is 5.82 Å². The first-order valence-corrected chi connectivity index (χ1v) is 4.76. The van der Waals surface area contributed by atoms with E-state index in [1.54, 1.807) is 11.7 Å². The molecule has 0 aliphatic rings. The van der Waals surface area contributed by atoms with E-state index in [9.17, 15) is 0 Å². The highest BCUT2D eigenvalue weighted by Gasteiger charge is 2.05. The SMILES string of the molecule is Cn1nnnc1CSc1n[nH]c(N)n1. The van der Waals surface area contributed by atoms with E-state index >= 15 is 0 Å². The van der Waals surface area contributed by atoms with Gasteiger partial charge >= 0.3 is 0 Å². The van der Waals surface area contributed by atoms with E-state index in [1.165, 1.54) is 11.8 Å². The first-order valence-electron chi connectivity index (χ1n) is 3.77. The van der Waals surface area contributed by atoms with Gasteiger partial charge in [0, 0.05) is 7.05 Å². The van der Waals surface area contributed by atoms with Crippen molar-refractivity contribution in [2.24, 2.45) is 7.05 Å². The van der Waals surface area contributed by atoms with E-state index in [0.717, 1.165) is 5.82 Å². The Morgan fingerprint density at radius 3 is 3.00 bits per heavy atom. The van der Waals surface area contributed by atoms with Crippen molar-refractivity contribution in [2.75, 3.05) is 5.73 Å². The van der Waals surface area contributed by atoms with Crippen LogP contribution < -0.4 is 5.73 Å². The summed E-state index contributed by atoms with van der Waals surface area (Å²) in [5, 5.41) is 18.0. The van der Waals surface area contributed by atoms with Crippen molar-refractivity contribution in [3.8, 4) is 0 Å². The average molecular weight is 212 g/mol. The van der Waals surface area contributed by atoms with Gasteiger partial charge in [0.25, 0.3) is 0 Å². The van der Waals surface area contributed by atoms with E-state index in [1.807, 2.05) is 0 Å². The minimum Gasteiger partial charge on any atom is -0.368 e. The molecule has 8 nitrogen and oxygen atoms in total. The third kappa shape index (κ3) is 1.82. The van der Waals surface area contributed by atoms with Gasteiger partial charge in [-0.2, -0.15) is 4.98 Å². The summed E-state index contributed by atoms with van der Waals surface area (Å²) < 4.78 is 1.60. The first kappa shape index (κ1) is 8.94. The molecule has 0 fully saturated rings. The molecule has 2 aromatic heterocycles. The Morgan fingerprint density at radius 1 is 1.57 bits per heavy atom. The molecular formula is C5H8N8S. The fraction of sp³-hybridized carbons (Fsp3) is 0.400. The summed E-state index contributed by atoms with van der Waals surface area (Å²) in [5.74, 6) is 1.68. The maximum absolute atomic E-state index is 5.37. The van der Waals surface area contributed by atoms with Gasteiger partial charge in [-0.3, -0.25) is 0 Å². The number of tetrazole rings is 1. The van der Waals surface area contributed by atoms with Crippen LogP contribution in [0.1, 0.15) is 5.82 Å². The van der Waals surface area contributed by atoms with Crippen molar-refractivity contribution in [1.29, 1.82) is 0 Å². The Morgan fingerprint density at radius 2 is 2.43 bits per heavy atom. The molecule has 0 bridgehead atoms. The maximum atomic E-state index is 5.37. The zero-order valence-corrected chi connectivity index (χ0v) is 8.19. The van der Waals surface area contributed by atoms with Gasteiger partial charge in [-0.25, -0.2) is 9.78 Å². The van der Waals surface area contributed by atoms with Crippen molar-refractivity contribution >= 4 is 17.7 Å². The molecule has 0 aliphatic heterocycles. The third-order valence-corrected chi connectivity index (χ3v) is 2.36. The summed E-state index contributed by atoms with van der Waals surface area (Å²) in [6, 6.07) is 0. The highest BCUT2D eigenvalue weighted by Crippen LogP contribution is 2.16. The Kier molecular flexibility index (Phi) is 2.31. The highest BCUT2D eigenvalue weighted by molar-refractivity contribution is 7.98. The molecule has 2 aromatic rings. The molecule has 0 aromatic carbocycles. The molecule has 0 unspecified atom stereocenters. The van der Waals surface area contributed by atoms with Crippen molar-refractivity contribution in [3.05, 3.63) is 5.82 Å². The summed E-state index contributed by atoms with van der Waals surface area (Å²) in [4.78, 5) is 3.94. The van der Waals surface area contributed by atoms with E-state index in [4.69, 9.17) is 5.73 Å². The van der Waals surface area contributed by atoms with Gasteiger partial charge in [-0.15, -0.1) is 10.2 Å². The van der Waals surface area contributed by atoms with Crippen LogP contribution in [0.4, 0.5) is 5.95 Å². The van der Waals surface area contributed by atoms with Crippen molar-refractivity contribution < 1.29 is 0 Å². The largest absolute Gasteiger partial charge is 0.368 e. The number of H-pyrrole nitrogens is 1. The molecule has 9 heteroatoms. The molecule has 74 valence electrons. The van der Waals surface area contributed by atoms with E-state index in [0.29, 0.717) is 16.9 Å². The van der Waals surface area contributed by atoms with Crippen LogP contribution in [0.3, 0.4) is 0 Å². The van der Waals surface area contributed by atoms with Crippen LogP contribution in [0.25, 0.3) is 0 Å².